The number of aryl methyl sites for hydroxylation is 1. The highest BCUT2D eigenvalue weighted by atomic mass is 35.5. The predicted octanol–water partition coefficient (Wildman–Crippen LogP) is 3.20. The highest BCUT2D eigenvalue weighted by Crippen LogP contribution is 2.27. The van der Waals surface area contributed by atoms with Crippen LogP contribution in [0.15, 0.2) is 52.1 Å². The third kappa shape index (κ3) is 4.73. The van der Waals surface area contributed by atoms with Gasteiger partial charge in [-0.15, -0.1) is 0 Å². The van der Waals surface area contributed by atoms with Crippen LogP contribution in [0.2, 0.25) is 10.0 Å². The van der Waals surface area contributed by atoms with E-state index in [1.165, 1.54) is 0 Å². The summed E-state index contributed by atoms with van der Waals surface area (Å²) in [7, 11) is 0. The molecule has 0 aliphatic heterocycles. The van der Waals surface area contributed by atoms with Crippen LogP contribution in [0.1, 0.15) is 34.5 Å². The summed E-state index contributed by atoms with van der Waals surface area (Å²) in [5.74, 6) is -0.178. The first kappa shape index (κ1) is 21.3. The van der Waals surface area contributed by atoms with Gasteiger partial charge in [0.2, 0.25) is 5.69 Å². The minimum absolute atomic E-state index is 0.0523. The first-order chi connectivity index (χ1) is 14.8. The van der Waals surface area contributed by atoms with Crippen LogP contribution in [0.4, 0.5) is 0 Å². The second-order valence-corrected chi connectivity index (χ2v) is 8.49. The van der Waals surface area contributed by atoms with Crippen LogP contribution in [-0.4, -0.2) is 26.8 Å². The first-order valence-corrected chi connectivity index (χ1v) is 10.6. The van der Waals surface area contributed by atoms with Crippen molar-refractivity contribution in [2.45, 2.75) is 26.3 Å². The van der Waals surface area contributed by atoms with Crippen LogP contribution in [0.3, 0.4) is 0 Å². The summed E-state index contributed by atoms with van der Waals surface area (Å²) < 4.78 is 2.02. The zero-order chi connectivity index (χ0) is 22.1. The summed E-state index contributed by atoms with van der Waals surface area (Å²) in [4.78, 5) is 39.0. The molecule has 1 saturated carbocycles. The molecule has 2 aromatic carbocycles. The van der Waals surface area contributed by atoms with Crippen molar-refractivity contribution in [3.05, 3.63) is 90.2 Å². The predicted molar refractivity (Wildman–Crippen MR) is 119 cm³/mol. The van der Waals surface area contributed by atoms with Gasteiger partial charge in [0, 0.05) is 16.6 Å². The van der Waals surface area contributed by atoms with Gasteiger partial charge < -0.3 is 5.32 Å². The SMILES string of the molecule is Cc1ccc(-n2nc(C(=O)NCC3CC3)c(=O)n(Cc3cccc(Cl)c3)c2=O)cc1Cl. The normalized spacial score (nSPS) is 13.3. The van der Waals surface area contributed by atoms with Crippen molar-refractivity contribution < 1.29 is 4.79 Å². The fourth-order valence-corrected chi connectivity index (χ4v) is 3.53. The summed E-state index contributed by atoms with van der Waals surface area (Å²) in [6, 6.07) is 11.8. The van der Waals surface area contributed by atoms with Gasteiger partial charge in [-0.2, -0.15) is 9.78 Å². The Morgan fingerprint density at radius 2 is 1.94 bits per heavy atom. The van der Waals surface area contributed by atoms with E-state index in [4.69, 9.17) is 23.2 Å². The number of hydrogen-bond donors (Lipinski definition) is 1. The average molecular weight is 459 g/mol. The lowest BCUT2D eigenvalue weighted by molar-refractivity contribution is 0.0942. The number of amides is 1. The Kier molecular flexibility index (Phi) is 5.98. The van der Waals surface area contributed by atoms with E-state index in [1.54, 1.807) is 42.5 Å². The molecule has 1 aromatic heterocycles. The van der Waals surface area contributed by atoms with Gasteiger partial charge in [-0.1, -0.05) is 41.4 Å². The van der Waals surface area contributed by atoms with Crippen molar-refractivity contribution >= 4 is 29.1 Å². The number of carbonyl (C=O) groups is 1. The van der Waals surface area contributed by atoms with Gasteiger partial charge in [0.25, 0.3) is 11.5 Å². The van der Waals surface area contributed by atoms with E-state index in [2.05, 4.69) is 10.4 Å². The van der Waals surface area contributed by atoms with E-state index in [0.29, 0.717) is 33.8 Å². The van der Waals surface area contributed by atoms with Crippen molar-refractivity contribution in [3.8, 4) is 5.69 Å². The van der Waals surface area contributed by atoms with E-state index in [1.807, 2.05) is 6.92 Å². The summed E-state index contributed by atoms with van der Waals surface area (Å²) in [5.41, 5.74) is 0.0517. The molecule has 3 aromatic rings. The van der Waals surface area contributed by atoms with Gasteiger partial charge in [-0.05, 0) is 61.1 Å². The second kappa shape index (κ2) is 8.69. The zero-order valence-electron chi connectivity index (χ0n) is 16.8. The molecule has 0 saturated heterocycles. The summed E-state index contributed by atoms with van der Waals surface area (Å²) in [5, 5.41) is 7.77. The molecule has 31 heavy (non-hydrogen) atoms. The number of hydrogen-bond acceptors (Lipinski definition) is 4. The molecular weight excluding hydrogens is 439 g/mol. The summed E-state index contributed by atoms with van der Waals surface area (Å²) >= 11 is 12.3. The molecule has 0 unspecified atom stereocenters. The van der Waals surface area contributed by atoms with Gasteiger partial charge in [0.1, 0.15) is 0 Å². The molecule has 4 rings (SSSR count). The number of rotatable bonds is 6. The van der Waals surface area contributed by atoms with E-state index >= 15 is 0 Å². The Hall–Kier alpha value is -2.90. The number of nitrogens with zero attached hydrogens (tertiary/aromatic N) is 3. The Labute approximate surface area is 188 Å². The summed E-state index contributed by atoms with van der Waals surface area (Å²) in [6.07, 6.45) is 2.10. The molecule has 1 fully saturated rings. The quantitative estimate of drug-likeness (QED) is 0.614. The maximum atomic E-state index is 13.2. The zero-order valence-corrected chi connectivity index (χ0v) is 18.3. The molecule has 9 heteroatoms. The van der Waals surface area contributed by atoms with E-state index in [-0.39, 0.29) is 12.2 Å². The highest BCUT2D eigenvalue weighted by Gasteiger charge is 2.25. The first-order valence-electron chi connectivity index (χ1n) is 9.87. The molecule has 0 radical (unpaired) electrons. The second-order valence-electron chi connectivity index (χ2n) is 7.65. The molecule has 1 aliphatic carbocycles. The molecule has 160 valence electrons. The van der Waals surface area contributed by atoms with Crippen molar-refractivity contribution in [1.82, 2.24) is 19.7 Å². The lowest BCUT2D eigenvalue weighted by atomic mass is 10.2. The summed E-state index contributed by atoms with van der Waals surface area (Å²) in [6.45, 7) is 2.26. The molecule has 1 amide bonds. The molecule has 1 aliphatic rings. The minimum Gasteiger partial charge on any atom is -0.350 e. The number of carbonyl (C=O) groups excluding carboxylic acids is 1. The topological polar surface area (TPSA) is 86.0 Å². The highest BCUT2D eigenvalue weighted by molar-refractivity contribution is 6.31. The average Bonchev–Trinajstić information content (AvgIpc) is 3.56. The van der Waals surface area contributed by atoms with Gasteiger partial charge in [-0.25, -0.2) is 4.79 Å². The van der Waals surface area contributed by atoms with Crippen LogP contribution >= 0.6 is 23.2 Å². The Balaban J connectivity index is 1.84. The van der Waals surface area contributed by atoms with Crippen LogP contribution in [0.25, 0.3) is 5.69 Å². The fourth-order valence-electron chi connectivity index (χ4n) is 3.14. The third-order valence-electron chi connectivity index (χ3n) is 5.15. The molecular formula is C22H20Cl2N4O3. The number of aromatic nitrogens is 3. The monoisotopic (exact) mass is 458 g/mol. The van der Waals surface area contributed by atoms with Gasteiger partial charge in [-0.3, -0.25) is 14.2 Å². The van der Waals surface area contributed by atoms with E-state index < -0.39 is 17.2 Å². The van der Waals surface area contributed by atoms with Crippen LogP contribution in [0.5, 0.6) is 0 Å². The van der Waals surface area contributed by atoms with Crippen LogP contribution in [0, 0.1) is 12.8 Å². The number of benzene rings is 2. The van der Waals surface area contributed by atoms with Gasteiger partial charge in [0.05, 0.1) is 12.2 Å². The maximum absolute atomic E-state index is 13.2. The van der Waals surface area contributed by atoms with Crippen molar-refractivity contribution in [1.29, 1.82) is 0 Å². The lowest BCUT2D eigenvalue weighted by Gasteiger charge is -2.13. The molecule has 1 heterocycles. The third-order valence-corrected chi connectivity index (χ3v) is 5.80. The molecule has 0 atom stereocenters. The Morgan fingerprint density at radius 3 is 2.61 bits per heavy atom. The van der Waals surface area contributed by atoms with Gasteiger partial charge >= 0.3 is 5.69 Å². The van der Waals surface area contributed by atoms with Crippen molar-refractivity contribution in [3.63, 3.8) is 0 Å². The minimum atomic E-state index is -0.757. The molecule has 1 N–H and O–H groups in total. The van der Waals surface area contributed by atoms with Crippen molar-refractivity contribution in [2.24, 2.45) is 5.92 Å². The Bertz CT molecular complexity index is 1280. The molecule has 0 bridgehead atoms. The van der Waals surface area contributed by atoms with Crippen molar-refractivity contribution in [2.75, 3.05) is 6.54 Å². The number of nitrogens with one attached hydrogen (secondary N) is 1. The van der Waals surface area contributed by atoms with E-state index in [9.17, 15) is 14.4 Å². The number of halogens is 2. The molecule has 7 nitrogen and oxygen atoms in total. The van der Waals surface area contributed by atoms with Crippen LogP contribution < -0.4 is 16.6 Å². The van der Waals surface area contributed by atoms with Crippen LogP contribution in [-0.2, 0) is 6.54 Å². The van der Waals surface area contributed by atoms with E-state index in [0.717, 1.165) is 27.7 Å². The Morgan fingerprint density at radius 1 is 1.16 bits per heavy atom. The maximum Gasteiger partial charge on any atom is 0.352 e. The smallest absolute Gasteiger partial charge is 0.350 e. The van der Waals surface area contributed by atoms with Gasteiger partial charge in [0.15, 0.2) is 0 Å². The molecule has 0 spiro atoms. The standard InChI is InChI=1S/C22H20Cl2N4O3/c1-13-5-8-17(10-18(13)24)28-22(31)27(12-15-3-2-4-16(23)9-15)21(30)19(26-28)20(29)25-11-14-6-7-14/h2-5,8-10,14H,6-7,11-12H2,1H3,(H,25,29). The lowest BCUT2D eigenvalue weighted by Crippen LogP contribution is -2.46. The fraction of sp³-hybridized carbons (Fsp3) is 0.273. The largest absolute Gasteiger partial charge is 0.352 e.